The summed E-state index contributed by atoms with van der Waals surface area (Å²) in [7, 11) is -4.04. The number of nitrogens with one attached hydrogen (secondary N) is 2. The molecule has 0 saturated heterocycles. The van der Waals surface area contributed by atoms with Crippen LogP contribution >= 0.6 is 0 Å². The molecule has 158 valence electrons. The minimum absolute atomic E-state index is 0.125. The lowest BCUT2D eigenvalue weighted by Crippen LogP contribution is -2.30. The van der Waals surface area contributed by atoms with Crippen LogP contribution in [0.25, 0.3) is 0 Å². The topological polar surface area (TPSA) is 93.1 Å². The lowest BCUT2D eigenvalue weighted by Gasteiger charge is -2.15. The molecule has 0 saturated carbocycles. The highest BCUT2D eigenvalue weighted by Crippen LogP contribution is 2.19. The van der Waals surface area contributed by atoms with E-state index in [9.17, 15) is 17.6 Å². The Balaban J connectivity index is 1.66. The van der Waals surface area contributed by atoms with E-state index in [4.69, 9.17) is 0 Å². The number of hydrogen-bond donors (Lipinski definition) is 2. The number of anilines is 1. The third kappa shape index (κ3) is 5.24. The van der Waals surface area contributed by atoms with Gasteiger partial charge in [-0.05, 0) is 43.2 Å². The summed E-state index contributed by atoms with van der Waals surface area (Å²) in [5.74, 6) is -0.0193. The van der Waals surface area contributed by atoms with Crippen molar-refractivity contribution in [3.05, 3.63) is 78.1 Å². The molecular formula is C21H23FN4O3S. The number of sulfonamides is 1. The van der Waals surface area contributed by atoms with Crippen molar-refractivity contribution in [2.75, 3.05) is 11.3 Å². The molecule has 0 aliphatic heterocycles. The number of para-hydroxylation sites is 1. The second-order valence-corrected chi connectivity index (χ2v) is 8.74. The number of carbonyl (C=O) groups is 1. The van der Waals surface area contributed by atoms with E-state index in [-0.39, 0.29) is 28.0 Å². The Morgan fingerprint density at radius 3 is 2.67 bits per heavy atom. The molecule has 1 atom stereocenters. The second-order valence-electron chi connectivity index (χ2n) is 7.06. The maximum Gasteiger partial charge on any atom is 0.262 e. The van der Waals surface area contributed by atoms with Crippen LogP contribution in [-0.4, -0.2) is 30.4 Å². The van der Waals surface area contributed by atoms with Gasteiger partial charge in [0.1, 0.15) is 11.6 Å². The van der Waals surface area contributed by atoms with Crippen molar-refractivity contribution < 1.29 is 17.6 Å². The lowest BCUT2D eigenvalue weighted by molar-refractivity contribution is 0.0946. The van der Waals surface area contributed by atoms with Crippen LogP contribution in [0.1, 0.15) is 23.1 Å². The monoisotopic (exact) mass is 430 g/mol. The number of hydrogen-bond acceptors (Lipinski definition) is 4. The number of imidazole rings is 1. The summed E-state index contributed by atoms with van der Waals surface area (Å²) in [4.78, 5) is 16.5. The van der Waals surface area contributed by atoms with E-state index in [1.54, 1.807) is 6.20 Å². The number of carbonyl (C=O) groups excluding carboxylic acids is 1. The van der Waals surface area contributed by atoms with Gasteiger partial charge >= 0.3 is 0 Å². The normalized spacial score (nSPS) is 12.4. The fourth-order valence-electron chi connectivity index (χ4n) is 2.92. The van der Waals surface area contributed by atoms with E-state index < -0.39 is 15.8 Å². The van der Waals surface area contributed by atoms with Gasteiger partial charge < -0.3 is 9.88 Å². The molecule has 1 unspecified atom stereocenters. The summed E-state index contributed by atoms with van der Waals surface area (Å²) in [6.45, 7) is 5.03. The van der Waals surface area contributed by atoms with Crippen LogP contribution in [0, 0.1) is 18.7 Å². The van der Waals surface area contributed by atoms with Crippen molar-refractivity contribution in [2.24, 2.45) is 5.92 Å². The Kier molecular flexibility index (Phi) is 6.51. The number of halogens is 1. The third-order valence-corrected chi connectivity index (χ3v) is 5.93. The molecule has 0 bridgehead atoms. The molecular weight excluding hydrogens is 407 g/mol. The number of nitrogens with zero attached hydrogens (tertiary/aromatic N) is 2. The molecule has 1 aromatic heterocycles. The van der Waals surface area contributed by atoms with Gasteiger partial charge in [0, 0.05) is 31.0 Å². The molecule has 0 fully saturated rings. The van der Waals surface area contributed by atoms with E-state index in [0.29, 0.717) is 13.1 Å². The summed E-state index contributed by atoms with van der Waals surface area (Å²) in [5, 5.41) is 2.82. The van der Waals surface area contributed by atoms with Crippen molar-refractivity contribution in [3.8, 4) is 0 Å². The van der Waals surface area contributed by atoms with E-state index in [0.717, 1.165) is 11.9 Å². The first-order valence-corrected chi connectivity index (χ1v) is 10.9. The van der Waals surface area contributed by atoms with Gasteiger partial charge in [0.2, 0.25) is 0 Å². The van der Waals surface area contributed by atoms with Gasteiger partial charge in [-0.1, -0.05) is 25.1 Å². The first-order chi connectivity index (χ1) is 14.3. The number of aryl methyl sites for hydroxylation is 1. The molecule has 3 aromatic rings. The fraction of sp³-hybridized carbons (Fsp3) is 0.238. The first-order valence-electron chi connectivity index (χ1n) is 9.39. The number of aromatic nitrogens is 2. The molecule has 7 nitrogen and oxygen atoms in total. The van der Waals surface area contributed by atoms with Crippen molar-refractivity contribution >= 4 is 21.6 Å². The van der Waals surface area contributed by atoms with Crippen LogP contribution in [-0.2, 0) is 16.6 Å². The van der Waals surface area contributed by atoms with Crippen LogP contribution in [0.15, 0.2) is 65.8 Å². The third-order valence-electron chi connectivity index (χ3n) is 4.57. The zero-order valence-electron chi connectivity index (χ0n) is 16.7. The smallest absolute Gasteiger partial charge is 0.262 e. The van der Waals surface area contributed by atoms with Crippen LogP contribution in [0.2, 0.25) is 0 Å². The Labute approximate surface area is 175 Å². The van der Waals surface area contributed by atoms with E-state index in [2.05, 4.69) is 15.0 Å². The summed E-state index contributed by atoms with van der Waals surface area (Å²) < 4.78 is 43.2. The van der Waals surface area contributed by atoms with Crippen LogP contribution < -0.4 is 10.0 Å². The molecule has 2 N–H and O–H groups in total. The molecule has 0 aliphatic carbocycles. The van der Waals surface area contributed by atoms with Crippen molar-refractivity contribution in [1.29, 1.82) is 0 Å². The van der Waals surface area contributed by atoms with E-state index >= 15 is 0 Å². The van der Waals surface area contributed by atoms with Crippen molar-refractivity contribution in [3.63, 3.8) is 0 Å². The molecule has 3 rings (SSSR count). The quantitative estimate of drug-likeness (QED) is 0.574. The van der Waals surface area contributed by atoms with Gasteiger partial charge in [0.25, 0.3) is 15.9 Å². The van der Waals surface area contributed by atoms with Crippen molar-refractivity contribution in [1.82, 2.24) is 14.9 Å². The molecule has 30 heavy (non-hydrogen) atoms. The Morgan fingerprint density at radius 1 is 1.20 bits per heavy atom. The largest absolute Gasteiger partial charge is 0.352 e. The average Bonchev–Trinajstić information content (AvgIpc) is 3.12. The standard InChI is InChI=1S/C21H23FN4O3S/c1-15(14-26-11-10-23-16(26)2)13-24-21(27)17-6-5-7-18(12-17)30(28,29)25-20-9-4-3-8-19(20)22/h3-12,15,25H,13-14H2,1-2H3,(H,24,27). The van der Waals surface area contributed by atoms with Gasteiger partial charge in [-0.15, -0.1) is 0 Å². The summed E-state index contributed by atoms with van der Waals surface area (Å²) in [5.41, 5.74) is 0.0494. The molecule has 0 radical (unpaired) electrons. The highest BCUT2D eigenvalue weighted by Gasteiger charge is 2.18. The van der Waals surface area contributed by atoms with Gasteiger partial charge in [-0.2, -0.15) is 0 Å². The molecule has 2 aromatic carbocycles. The minimum Gasteiger partial charge on any atom is -0.352 e. The first kappa shape index (κ1) is 21.5. The fourth-order valence-corrected chi connectivity index (χ4v) is 4.03. The second kappa shape index (κ2) is 9.08. The average molecular weight is 431 g/mol. The highest BCUT2D eigenvalue weighted by molar-refractivity contribution is 7.92. The zero-order chi connectivity index (χ0) is 21.7. The van der Waals surface area contributed by atoms with Crippen molar-refractivity contribution in [2.45, 2.75) is 25.3 Å². The van der Waals surface area contributed by atoms with Gasteiger partial charge in [0.15, 0.2) is 0 Å². The zero-order valence-corrected chi connectivity index (χ0v) is 17.5. The Hall–Kier alpha value is -3.20. The minimum atomic E-state index is -4.04. The van der Waals surface area contributed by atoms with Crippen LogP contribution in [0.5, 0.6) is 0 Å². The molecule has 9 heteroatoms. The number of amides is 1. The maximum atomic E-state index is 13.8. The molecule has 0 spiro atoms. The van der Waals surface area contributed by atoms with Crippen LogP contribution in [0.4, 0.5) is 10.1 Å². The van der Waals surface area contributed by atoms with Gasteiger partial charge in [-0.3, -0.25) is 9.52 Å². The summed E-state index contributed by atoms with van der Waals surface area (Å²) in [6.07, 6.45) is 3.60. The van der Waals surface area contributed by atoms with Gasteiger partial charge in [-0.25, -0.2) is 17.8 Å². The highest BCUT2D eigenvalue weighted by atomic mass is 32.2. The Bertz CT molecular complexity index is 1140. The van der Waals surface area contributed by atoms with Gasteiger partial charge in [0.05, 0.1) is 10.6 Å². The number of benzene rings is 2. The lowest BCUT2D eigenvalue weighted by atomic mass is 10.1. The van der Waals surface area contributed by atoms with E-state index in [1.807, 2.05) is 24.6 Å². The van der Waals surface area contributed by atoms with E-state index in [1.165, 1.54) is 42.5 Å². The molecule has 0 aliphatic rings. The predicted molar refractivity (Wildman–Crippen MR) is 112 cm³/mol. The summed E-state index contributed by atoms with van der Waals surface area (Å²) in [6, 6.07) is 11.1. The Morgan fingerprint density at radius 2 is 1.97 bits per heavy atom. The van der Waals surface area contributed by atoms with Crippen LogP contribution in [0.3, 0.4) is 0 Å². The number of rotatable bonds is 8. The molecule has 1 amide bonds. The predicted octanol–water partition coefficient (Wildman–Crippen LogP) is 3.20. The maximum absolute atomic E-state index is 13.8. The SMILES string of the molecule is Cc1nccn1CC(C)CNC(=O)c1cccc(S(=O)(=O)Nc2ccccc2F)c1. The molecule has 1 heterocycles. The summed E-state index contributed by atoms with van der Waals surface area (Å²) >= 11 is 0.